The van der Waals surface area contributed by atoms with Crippen LogP contribution in [-0.4, -0.2) is 19.2 Å². The third-order valence-electron chi connectivity index (χ3n) is 3.08. The molecule has 2 amide bonds. The van der Waals surface area contributed by atoms with Gasteiger partial charge < -0.3 is 5.32 Å². The van der Waals surface area contributed by atoms with Crippen molar-refractivity contribution in [1.82, 2.24) is 10.8 Å². The summed E-state index contributed by atoms with van der Waals surface area (Å²) in [6, 6.07) is 0.111. The van der Waals surface area contributed by atoms with Crippen molar-refractivity contribution in [3.05, 3.63) is 0 Å². The number of hydrogen-bond donors (Lipinski definition) is 2. The van der Waals surface area contributed by atoms with Crippen LogP contribution in [0.2, 0.25) is 0 Å². The summed E-state index contributed by atoms with van der Waals surface area (Å²) in [5.41, 5.74) is 2.31. The van der Waals surface area contributed by atoms with Gasteiger partial charge in [0, 0.05) is 6.04 Å². The maximum Gasteiger partial charge on any atom is 0.338 e. The Morgan fingerprint density at radius 3 is 2.80 bits per heavy atom. The minimum absolute atomic E-state index is 0.217. The van der Waals surface area contributed by atoms with E-state index in [1.54, 1.807) is 0 Å². The fourth-order valence-corrected chi connectivity index (χ4v) is 2.40. The second-order valence-corrected chi connectivity index (χ2v) is 4.22. The molecule has 0 aromatic carbocycles. The molecule has 0 spiro atoms. The van der Waals surface area contributed by atoms with Crippen molar-refractivity contribution in [1.29, 1.82) is 0 Å². The van der Waals surface area contributed by atoms with E-state index in [4.69, 9.17) is 0 Å². The van der Waals surface area contributed by atoms with Crippen LogP contribution in [0.3, 0.4) is 0 Å². The fraction of sp³-hybridized carbons (Fsp3) is 0.909. The first-order valence-corrected chi connectivity index (χ1v) is 5.87. The van der Waals surface area contributed by atoms with Crippen molar-refractivity contribution in [3.8, 4) is 0 Å². The Morgan fingerprint density at radius 1 is 1.40 bits per heavy atom. The van der Waals surface area contributed by atoms with Crippen LogP contribution in [0.4, 0.5) is 4.79 Å². The van der Waals surface area contributed by atoms with E-state index in [0.29, 0.717) is 12.0 Å². The molecule has 2 atom stereocenters. The average Bonchev–Trinajstić information content (AvgIpc) is 2.21. The largest absolute Gasteiger partial charge is 0.338 e. The Morgan fingerprint density at radius 2 is 2.13 bits per heavy atom. The number of rotatable bonds is 4. The molecule has 4 heteroatoms. The van der Waals surface area contributed by atoms with E-state index >= 15 is 0 Å². The molecule has 1 aliphatic carbocycles. The van der Waals surface area contributed by atoms with Crippen LogP contribution >= 0.6 is 0 Å². The lowest BCUT2D eigenvalue weighted by Crippen LogP contribution is -2.46. The highest BCUT2D eigenvalue weighted by Gasteiger charge is 2.25. The van der Waals surface area contributed by atoms with Crippen molar-refractivity contribution < 1.29 is 9.63 Å². The van der Waals surface area contributed by atoms with Gasteiger partial charge in [-0.3, -0.25) is 4.84 Å². The summed E-state index contributed by atoms with van der Waals surface area (Å²) in [4.78, 5) is 15.9. The van der Waals surface area contributed by atoms with Crippen LogP contribution < -0.4 is 10.8 Å². The first-order chi connectivity index (χ1) is 7.27. The standard InChI is InChI=1S/C11H22N2O2/c1-3-6-9-7-4-5-8-10(9)12-11(14)13-15-2/h9-10H,3-8H2,1-2H3,(H2,12,13,14)/t9-,10+/m1/s1. The average molecular weight is 214 g/mol. The summed E-state index contributed by atoms with van der Waals surface area (Å²) in [6.07, 6.45) is 7.26. The topological polar surface area (TPSA) is 50.4 Å². The number of amides is 2. The molecule has 88 valence electrons. The minimum Gasteiger partial charge on any atom is -0.333 e. The molecule has 1 fully saturated rings. The van der Waals surface area contributed by atoms with Gasteiger partial charge in [0.1, 0.15) is 0 Å². The zero-order valence-corrected chi connectivity index (χ0v) is 9.71. The molecule has 4 nitrogen and oxygen atoms in total. The quantitative estimate of drug-likeness (QED) is 0.705. The normalized spacial score (nSPS) is 26.0. The molecule has 0 bridgehead atoms. The summed E-state index contributed by atoms with van der Waals surface area (Å²) < 4.78 is 0. The van der Waals surface area contributed by atoms with E-state index in [1.165, 1.54) is 39.2 Å². The van der Waals surface area contributed by atoms with Crippen LogP contribution in [-0.2, 0) is 4.84 Å². The number of hydroxylamine groups is 1. The van der Waals surface area contributed by atoms with Crippen LogP contribution in [0.5, 0.6) is 0 Å². The highest BCUT2D eigenvalue weighted by Crippen LogP contribution is 2.27. The number of hydrogen-bond acceptors (Lipinski definition) is 2. The Kier molecular flexibility index (Phi) is 5.47. The van der Waals surface area contributed by atoms with Crippen LogP contribution in [0.25, 0.3) is 0 Å². The lowest BCUT2D eigenvalue weighted by molar-refractivity contribution is 0.102. The first-order valence-electron chi connectivity index (χ1n) is 5.87. The van der Waals surface area contributed by atoms with Crippen molar-refractivity contribution in [2.45, 2.75) is 51.5 Å². The molecule has 0 unspecified atom stereocenters. The lowest BCUT2D eigenvalue weighted by Gasteiger charge is -2.31. The minimum atomic E-state index is -0.217. The smallest absolute Gasteiger partial charge is 0.333 e. The summed E-state index contributed by atoms with van der Waals surface area (Å²) in [6.45, 7) is 2.20. The molecule has 0 heterocycles. The van der Waals surface area contributed by atoms with E-state index in [2.05, 4.69) is 22.6 Å². The molecule has 1 aliphatic rings. The molecule has 1 saturated carbocycles. The second kappa shape index (κ2) is 6.67. The molecule has 0 radical (unpaired) electrons. The molecular formula is C11H22N2O2. The molecule has 0 aromatic rings. The van der Waals surface area contributed by atoms with E-state index in [-0.39, 0.29) is 6.03 Å². The van der Waals surface area contributed by atoms with Gasteiger partial charge in [-0.15, -0.1) is 0 Å². The zero-order valence-electron chi connectivity index (χ0n) is 9.71. The molecule has 0 aliphatic heterocycles. The Hall–Kier alpha value is -0.770. The lowest BCUT2D eigenvalue weighted by atomic mass is 9.82. The van der Waals surface area contributed by atoms with Gasteiger partial charge in [-0.2, -0.15) is 0 Å². The van der Waals surface area contributed by atoms with E-state index in [9.17, 15) is 4.79 Å². The van der Waals surface area contributed by atoms with Crippen molar-refractivity contribution in [3.63, 3.8) is 0 Å². The predicted molar refractivity (Wildman–Crippen MR) is 59.3 cm³/mol. The summed E-state index contributed by atoms with van der Waals surface area (Å²) in [5, 5.41) is 2.98. The second-order valence-electron chi connectivity index (χ2n) is 4.22. The number of carbonyl (C=O) groups is 1. The molecule has 2 N–H and O–H groups in total. The summed E-state index contributed by atoms with van der Waals surface area (Å²) in [5.74, 6) is 0.645. The van der Waals surface area contributed by atoms with E-state index < -0.39 is 0 Å². The predicted octanol–water partition coefficient (Wildman–Crippen LogP) is 2.21. The van der Waals surface area contributed by atoms with Crippen molar-refractivity contribution >= 4 is 6.03 Å². The first kappa shape index (κ1) is 12.3. The highest BCUT2D eigenvalue weighted by atomic mass is 16.6. The van der Waals surface area contributed by atoms with Gasteiger partial charge in [0.2, 0.25) is 0 Å². The number of nitrogens with one attached hydrogen (secondary N) is 2. The summed E-state index contributed by atoms with van der Waals surface area (Å²) >= 11 is 0. The molecule has 15 heavy (non-hydrogen) atoms. The highest BCUT2D eigenvalue weighted by molar-refractivity contribution is 5.73. The Bertz CT molecular complexity index is 195. The molecule has 0 aromatic heterocycles. The third-order valence-corrected chi connectivity index (χ3v) is 3.08. The summed E-state index contributed by atoms with van der Waals surface area (Å²) in [7, 11) is 1.45. The van der Waals surface area contributed by atoms with E-state index in [0.717, 1.165) is 6.42 Å². The molecular weight excluding hydrogens is 192 g/mol. The molecule has 1 rings (SSSR count). The van der Waals surface area contributed by atoms with Gasteiger partial charge >= 0.3 is 6.03 Å². The zero-order chi connectivity index (χ0) is 11.1. The van der Waals surface area contributed by atoms with E-state index in [1.807, 2.05) is 0 Å². The van der Waals surface area contributed by atoms with Gasteiger partial charge in [0.05, 0.1) is 7.11 Å². The van der Waals surface area contributed by atoms with Crippen molar-refractivity contribution in [2.75, 3.05) is 7.11 Å². The Balaban J connectivity index is 2.38. The number of urea groups is 1. The van der Waals surface area contributed by atoms with Gasteiger partial charge in [-0.05, 0) is 25.2 Å². The van der Waals surface area contributed by atoms with Crippen LogP contribution in [0.15, 0.2) is 0 Å². The Labute approximate surface area is 91.7 Å². The van der Waals surface area contributed by atoms with Crippen molar-refractivity contribution in [2.24, 2.45) is 5.92 Å². The van der Waals surface area contributed by atoms with Crippen LogP contribution in [0, 0.1) is 5.92 Å². The van der Waals surface area contributed by atoms with Gasteiger partial charge in [0.15, 0.2) is 0 Å². The third kappa shape index (κ3) is 4.08. The SMILES string of the molecule is CCC[C@@H]1CCCC[C@@H]1NC(=O)NOC. The van der Waals surface area contributed by atoms with Crippen LogP contribution in [0.1, 0.15) is 45.4 Å². The van der Waals surface area contributed by atoms with Gasteiger partial charge in [-0.1, -0.05) is 26.2 Å². The maximum absolute atomic E-state index is 11.3. The number of carbonyl (C=O) groups excluding carboxylic acids is 1. The fourth-order valence-electron chi connectivity index (χ4n) is 2.40. The van der Waals surface area contributed by atoms with Gasteiger partial charge in [-0.25, -0.2) is 10.3 Å². The maximum atomic E-state index is 11.3. The monoisotopic (exact) mass is 214 g/mol. The van der Waals surface area contributed by atoms with Gasteiger partial charge in [0.25, 0.3) is 0 Å². The molecule has 0 saturated heterocycles.